The van der Waals surface area contributed by atoms with E-state index in [0.29, 0.717) is 18.5 Å². The number of hydrogen-bond donors (Lipinski definition) is 2. The van der Waals surface area contributed by atoms with Crippen molar-refractivity contribution in [3.8, 4) is 10.7 Å². The highest BCUT2D eigenvalue weighted by Crippen LogP contribution is 2.24. The van der Waals surface area contributed by atoms with E-state index in [1.807, 2.05) is 41.6 Å². The minimum Gasteiger partial charge on any atom is -0.345 e. The highest BCUT2D eigenvalue weighted by molar-refractivity contribution is 7.13. The molecular weight excluding hydrogens is 394 g/mol. The average molecular weight is 422 g/mol. The number of amides is 1. The summed E-state index contributed by atoms with van der Waals surface area (Å²) in [4.78, 5) is 23.3. The monoisotopic (exact) mass is 421 g/mol. The summed E-state index contributed by atoms with van der Waals surface area (Å²) in [5.74, 6) is 0.104. The number of carbonyl (C=O) groups excluding carboxylic acids is 1. The Balaban J connectivity index is 1.20. The number of hydrogen-bond acceptors (Lipinski definition) is 6. The van der Waals surface area contributed by atoms with Gasteiger partial charge < -0.3 is 4.90 Å². The van der Waals surface area contributed by atoms with Crippen LogP contribution in [0.2, 0.25) is 0 Å². The summed E-state index contributed by atoms with van der Waals surface area (Å²) < 4.78 is 0. The highest BCUT2D eigenvalue weighted by atomic mass is 32.1. The minimum atomic E-state index is 0.104. The maximum Gasteiger partial charge on any atom is 0.228 e. The first-order valence-electron chi connectivity index (χ1n) is 10.3. The first-order valence-corrected chi connectivity index (χ1v) is 11.2. The summed E-state index contributed by atoms with van der Waals surface area (Å²) in [7, 11) is 1.88. The predicted octanol–water partition coefficient (Wildman–Crippen LogP) is 3.59. The van der Waals surface area contributed by atoms with Crippen LogP contribution in [0.3, 0.4) is 0 Å². The van der Waals surface area contributed by atoms with Crippen molar-refractivity contribution in [1.82, 2.24) is 25.7 Å². The van der Waals surface area contributed by atoms with Crippen LogP contribution in [0.15, 0.2) is 60.1 Å². The lowest BCUT2D eigenvalue weighted by Crippen LogP contribution is -2.33. The van der Waals surface area contributed by atoms with Crippen LogP contribution < -0.4 is 10.9 Å². The summed E-state index contributed by atoms with van der Waals surface area (Å²) in [5.41, 5.74) is 9.76. The van der Waals surface area contributed by atoms with Crippen molar-refractivity contribution < 1.29 is 4.79 Å². The second-order valence-corrected chi connectivity index (χ2v) is 8.54. The third-order valence-corrected chi connectivity index (χ3v) is 6.34. The lowest BCUT2D eigenvalue weighted by molar-refractivity contribution is -0.129. The van der Waals surface area contributed by atoms with Gasteiger partial charge in [0.2, 0.25) is 5.91 Å². The van der Waals surface area contributed by atoms with Gasteiger partial charge in [-0.3, -0.25) is 20.6 Å². The molecule has 0 radical (unpaired) electrons. The van der Waals surface area contributed by atoms with Crippen molar-refractivity contribution in [2.75, 3.05) is 13.6 Å². The fourth-order valence-corrected chi connectivity index (χ4v) is 4.50. The second kappa shape index (κ2) is 9.93. The Hall–Kier alpha value is -2.61. The van der Waals surface area contributed by atoms with Crippen molar-refractivity contribution in [2.45, 2.75) is 37.8 Å². The summed E-state index contributed by atoms with van der Waals surface area (Å²) in [5, 5.41) is 2.81. The van der Waals surface area contributed by atoms with Crippen molar-refractivity contribution in [3.05, 3.63) is 71.4 Å². The van der Waals surface area contributed by atoms with E-state index >= 15 is 0 Å². The quantitative estimate of drug-likeness (QED) is 0.582. The normalized spacial score (nSPS) is 18.4. The van der Waals surface area contributed by atoms with Gasteiger partial charge in [0.25, 0.3) is 0 Å². The molecule has 0 bridgehead atoms. The van der Waals surface area contributed by atoms with Crippen molar-refractivity contribution in [3.63, 3.8) is 0 Å². The topological polar surface area (TPSA) is 70.2 Å². The largest absolute Gasteiger partial charge is 0.345 e. The molecule has 0 aliphatic carbocycles. The van der Waals surface area contributed by atoms with Crippen LogP contribution in [0.5, 0.6) is 0 Å². The van der Waals surface area contributed by atoms with Crippen LogP contribution in [0.4, 0.5) is 0 Å². The molecule has 2 atom stereocenters. The van der Waals surface area contributed by atoms with Crippen LogP contribution in [-0.2, 0) is 11.2 Å². The molecule has 2 N–H and O–H groups in total. The molecule has 6 nitrogen and oxygen atoms in total. The predicted molar refractivity (Wildman–Crippen MR) is 120 cm³/mol. The molecule has 1 fully saturated rings. The summed E-state index contributed by atoms with van der Waals surface area (Å²) in [6.45, 7) is 0.754. The zero-order valence-electron chi connectivity index (χ0n) is 17.1. The maximum atomic E-state index is 12.6. The molecule has 3 heterocycles. The number of likely N-dealkylation sites (N-methyl/N-ethyl adjacent to an activating group) is 1. The molecule has 0 spiro atoms. The number of pyridine rings is 1. The smallest absolute Gasteiger partial charge is 0.228 e. The number of hydrazine groups is 1. The van der Waals surface area contributed by atoms with Crippen molar-refractivity contribution in [1.29, 1.82) is 0 Å². The third-order valence-electron chi connectivity index (χ3n) is 5.42. The number of benzene rings is 1. The lowest BCUT2D eigenvalue weighted by atomic mass is 10.00. The van der Waals surface area contributed by atoms with Crippen molar-refractivity contribution in [2.24, 2.45) is 0 Å². The molecule has 2 unspecified atom stereocenters. The van der Waals surface area contributed by atoms with Gasteiger partial charge in [0, 0.05) is 37.3 Å². The van der Waals surface area contributed by atoms with Crippen LogP contribution >= 0.6 is 11.3 Å². The first-order chi connectivity index (χ1) is 14.7. The molecule has 0 saturated carbocycles. The molecule has 1 aromatic carbocycles. The van der Waals surface area contributed by atoms with Crippen molar-refractivity contribution >= 4 is 17.2 Å². The number of nitrogens with zero attached hydrogens (tertiary/aromatic N) is 3. The van der Waals surface area contributed by atoms with Gasteiger partial charge in [-0.1, -0.05) is 36.4 Å². The van der Waals surface area contributed by atoms with Crippen LogP contribution in [0.1, 0.15) is 36.6 Å². The minimum absolute atomic E-state index is 0.104. The molecule has 3 aromatic rings. The Morgan fingerprint density at radius 2 is 2.00 bits per heavy atom. The fourth-order valence-electron chi connectivity index (χ4n) is 3.70. The van der Waals surface area contributed by atoms with Crippen LogP contribution in [-0.4, -0.2) is 40.4 Å². The first kappa shape index (κ1) is 20.7. The van der Waals surface area contributed by atoms with Gasteiger partial charge in [-0.15, -0.1) is 11.3 Å². The average Bonchev–Trinajstić information content (AvgIpc) is 3.45. The van der Waals surface area contributed by atoms with E-state index in [1.165, 1.54) is 16.9 Å². The zero-order valence-corrected chi connectivity index (χ0v) is 17.9. The number of aromatic nitrogens is 2. The Kier molecular flexibility index (Phi) is 6.84. The molecule has 1 aliphatic heterocycles. The molecule has 30 heavy (non-hydrogen) atoms. The number of thiazole rings is 1. The molecular formula is C23H27N5OS. The van der Waals surface area contributed by atoms with E-state index in [2.05, 4.69) is 45.1 Å². The Labute approximate surface area is 181 Å². The van der Waals surface area contributed by atoms with Gasteiger partial charge >= 0.3 is 0 Å². The molecule has 4 rings (SSSR count). The lowest BCUT2D eigenvalue weighted by Gasteiger charge is -2.18. The van der Waals surface area contributed by atoms with E-state index < -0.39 is 0 Å². The van der Waals surface area contributed by atoms with Crippen LogP contribution in [0.25, 0.3) is 10.7 Å². The molecule has 1 aliphatic rings. The number of rotatable bonds is 8. The third kappa shape index (κ3) is 5.30. The second-order valence-electron chi connectivity index (χ2n) is 7.68. The molecule has 1 amide bonds. The summed E-state index contributed by atoms with van der Waals surface area (Å²) >= 11 is 1.53. The van der Waals surface area contributed by atoms with E-state index in [1.54, 1.807) is 6.20 Å². The number of nitrogens with one attached hydrogen (secondary N) is 2. The van der Waals surface area contributed by atoms with E-state index in [4.69, 9.17) is 0 Å². The fraction of sp³-hybridized carbons (Fsp3) is 0.348. The standard InChI is InChI=1S/C23H27N5OS/c1-28(13-7-10-18-14-21(27-26-18)17-8-3-2-4-9-17)22(29)15-19-16-30-23(25-19)20-11-5-6-12-24-20/h2-6,8-9,11-12,16,18,21,26-27H,7,10,13-15H2,1H3. The molecule has 1 saturated heterocycles. The Morgan fingerprint density at radius 1 is 1.17 bits per heavy atom. The Bertz CT molecular complexity index is 946. The Morgan fingerprint density at radius 3 is 2.80 bits per heavy atom. The van der Waals surface area contributed by atoms with Gasteiger partial charge in [-0.05, 0) is 37.0 Å². The van der Waals surface area contributed by atoms with E-state index in [9.17, 15) is 4.79 Å². The molecule has 2 aromatic heterocycles. The van der Waals surface area contributed by atoms with Gasteiger partial charge in [0.1, 0.15) is 5.01 Å². The van der Waals surface area contributed by atoms with E-state index in [0.717, 1.165) is 42.2 Å². The van der Waals surface area contributed by atoms with Gasteiger partial charge in [0.05, 0.1) is 17.8 Å². The summed E-state index contributed by atoms with van der Waals surface area (Å²) in [6.07, 6.45) is 5.16. The van der Waals surface area contributed by atoms with Gasteiger partial charge in [-0.25, -0.2) is 4.98 Å². The number of carbonyl (C=O) groups is 1. The maximum absolute atomic E-state index is 12.6. The molecule has 156 valence electrons. The molecule has 7 heteroatoms. The SMILES string of the molecule is CN(CCCC1CC(c2ccccc2)NN1)C(=O)Cc1csc(-c2ccccn2)n1. The van der Waals surface area contributed by atoms with E-state index in [-0.39, 0.29) is 5.91 Å². The van der Waals surface area contributed by atoms with Gasteiger partial charge in [0.15, 0.2) is 0 Å². The van der Waals surface area contributed by atoms with Gasteiger partial charge in [-0.2, -0.15) is 0 Å². The van der Waals surface area contributed by atoms with Crippen LogP contribution in [0, 0.1) is 0 Å². The summed E-state index contributed by atoms with van der Waals surface area (Å²) in [6, 6.07) is 17.1. The zero-order chi connectivity index (χ0) is 20.8. The highest BCUT2D eigenvalue weighted by Gasteiger charge is 2.24.